The third-order valence-electron chi connectivity index (χ3n) is 8.57. The molecule has 3 aromatic rings. The van der Waals surface area contributed by atoms with E-state index >= 15 is 0 Å². The Morgan fingerprint density at radius 3 is 1.65 bits per heavy atom. The Morgan fingerprint density at radius 2 is 1.16 bits per heavy atom. The maximum Gasteiger partial charge on any atom is 0.410 e. The van der Waals surface area contributed by atoms with Crippen molar-refractivity contribution in [3.05, 3.63) is 88.0 Å². The summed E-state index contributed by atoms with van der Waals surface area (Å²) in [6.45, 7) is 15.9. The summed E-state index contributed by atoms with van der Waals surface area (Å²) in [6.07, 6.45) is 2.27. The van der Waals surface area contributed by atoms with Crippen LogP contribution >= 0.6 is 0 Å². The second kappa shape index (κ2) is 22.4. The average Bonchev–Trinajstić information content (AvgIpc) is 3.15. The van der Waals surface area contributed by atoms with Crippen molar-refractivity contribution in [2.24, 2.45) is 0 Å². The lowest BCUT2D eigenvalue weighted by molar-refractivity contribution is 0.0213. The fourth-order valence-electron chi connectivity index (χ4n) is 5.79. The number of hydroxylamine groups is 1. The largest absolute Gasteiger partial charge is 0.493 e. The van der Waals surface area contributed by atoms with Gasteiger partial charge in [0.25, 0.3) is 5.91 Å². The molecule has 0 saturated carbocycles. The standard InChI is InChI=1S/C18H25NO5.C13H17NO3.C11H14N2O3/c1-5-22-16(20)13-7-8-14-12-19(17(21)24-18(2,3)4)9-6-10-23-15(14)11-13;1-2-16-13(15)10-4-5-11-9-14-6-3-7-17-12(11)8-10;14-11(13-15)8-2-3-9-7-12-4-1-5-16-10(9)6-8/h7-8,11H,5-6,9-10,12H2,1-4H3;4-5,8,14H,2-3,6-7,9H2,1H3;2-3,6,12,15H,1,4-5,7H2,(H,13,14). The zero-order chi connectivity index (χ0) is 41.2. The SMILES string of the molecule is CCOC(=O)c1ccc2c(c1)OCCCN(C(=O)OC(C)(C)C)C2.CCOC(=O)c1ccc2c(c1)OCCCNC2.O=C(NO)c1ccc2c(c1)OCCCNC2. The molecule has 0 bridgehead atoms. The fraction of sp³-hybridized carbons (Fsp3) is 0.476. The maximum absolute atomic E-state index is 12.3. The summed E-state index contributed by atoms with van der Waals surface area (Å²) in [5.41, 5.74) is 5.40. The number of nitrogens with zero attached hydrogens (tertiary/aromatic N) is 1. The van der Waals surface area contributed by atoms with E-state index in [2.05, 4.69) is 10.6 Å². The van der Waals surface area contributed by atoms with Gasteiger partial charge in [0.15, 0.2) is 0 Å². The van der Waals surface area contributed by atoms with E-state index in [1.54, 1.807) is 66.7 Å². The molecule has 0 atom stereocenters. The number of carbonyl (C=O) groups excluding carboxylic acids is 4. The number of esters is 2. The van der Waals surface area contributed by atoms with Crippen molar-refractivity contribution in [3.63, 3.8) is 0 Å². The zero-order valence-electron chi connectivity index (χ0n) is 33.6. The summed E-state index contributed by atoms with van der Waals surface area (Å²) in [5, 5.41) is 15.1. The third kappa shape index (κ3) is 14.3. The van der Waals surface area contributed by atoms with Gasteiger partial charge in [0, 0.05) is 41.9 Å². The van der Waals surface area contributed by atoms with Gasteiger partial charge in [-0.3, -0.25) is 10.0 Å². The van der Waals surface area contributed by atoms with Crippen LogP contribution in [0.4, 0.5) is 4.79 Å². The third-order valence-corrected chi connectivity index (χ3v) is 8.57. The van der Waals surface area contributed by atoms with Crippen LogP contribution in [0.3, 0.4) is 0 Å². The van der Waals surface area contributed by atoms with Crippen molar-refractivity contribution < 1.29 is 52.8 Å². The van der Waals surface area contributed by atoms with E-state index in [9.17, 15) is 19.2 Å². The number of benzene rings is 3. The minimum absolute atomic E-state index is 0.297. The minimum atomic E-state index is -0.535. The first kappa shape index (κ1) is 44.3. The lowest BCUT2D eigenvalue weighted by Gasteiger charge is -2.29. The van der Waals surface area contributed by atoms with Crippen LogP contribution in [-0.4, -0.2) is 92.3 Å². The van der Waals surface area contributed by atoms with Crippen molar-refractivity contribution in [2.45, 2.75) is 79.1 Å². The molecule has 3 aromatic carbocycles. The molecule has 6 rings (SSSR count). The number of fused-ring (bicyclic) bond motifs is 3. The van der Waals surface area contributed by atoms with Gasteiger partial charge in [0.1, 0.15) is 22.8 Å². The topological polar surface area (TPSA) is 183 Å². The van der Waals surface area contributed by atoms with Crippen molar-refractivity contribution in [2.75, 3.05) is 52.7 Å². The van der Waals surface area contributed by atoms with Gasteiger partial charge in [0.05, 0.1) is 50.7 Å². The van der Waals surface area contributed by atoms with E-state index < -0.39 is 11.5 Å². The number of hydrogen-bond acceptors (Lipinski definition) is 13. The van der Waals surface area contributed by atoms with Crippen LogP contribution in [0.25, 0.3) is 0 Å². The summed E-state index contributed by atoms with van der Waals surface area (Å²) in [6, 6.07) is 15.8. The van der Waals surface area contributed by atoms with Crippen LogP contribution in [0.5, 0.6) is 17.2 Å². The van der Waals surface area contributed by atoms with E-state index in [1.165, 1.54) is 0 Å². The molecule has 3 aliphatic rings. The lowest BCUT2D eigenvalue weighted by Crippen LogP contribution is -2.38. The van der Waals surface area contributed by atoms with Crippen molar-refractivity contribution >= 4 is 23.9 Å². The van der Waals surface area contributed by atoms with E-state index in [1.807, 2.05) is 32.9 Å². The molecule has 2 amide bonds. The summed E-state index contributed by atoms with van der Waals surface area (Å²) >= 11 is 0. The normalized spacial score (nSPS) is 15.0. The molecule has 15 nitrogen and oxygen atoms in total. The van der Waals surface area contributed by atoms with Crippen LogP contribution < -0.4 is 30.3 Å². The van der Waals surface area contributed by atoms with Crippen LogP contribution in [0, 0.1) is 0 Å². The Hall–Kier alpha value is -5.38. The molecular formula is C42H56N4O11. The first-order valence-electron chi connectivity index (χ1n) is 19.4. The molecule has 0 fully saturated rings. The molecule has 0 saturated heterocycles. The molecule has 0 aromatic heterocycles. The second-order valence-electron chi connectivity index (χ2n) is 14.2. The molecule has 0 radical (unpaired) electrons. The first-order chi connectivity index (χ1) is 27.4. The van der Waals surface area contributed by atoms with Gasteiger partial charge in [0.2, 0.25) is 0 Å². The lowest BCUT2D eigenvalue weighted by atomic mass is 10.1. The molecule has 4 N–H and O–H groups in total. The van der Waals surface area contributed by atoms with Crippen LogP contribution in [0.15, 0.2) is 54.6 Å². The summed E-state index contributed by atoms with van der Waals surface area (Å²) < 4.78 is 32.4. The Balaban J connectivity index is 0.000000195. The Bertz CT molecular complexity index is 1810. The monoisotopic (exact) mass is 792 g/mol. The molecule has 0 aliphatic carbocycles. The molecule has 0 unspecified atom stereocenters. The van der Waals surface area contributed by atoms with Crippen LogP contribution in [0.1, 0.15) is 102 Å². The summed E-state index contributed by atoms with van der Waals surface area (Å²) in [5.74, 6) is 0.884. The van der Waals surface area contributed by atoms with E-state index in [0.29, 0.717) is 80.7 Å². The number of rotatable bonds is 5. The predicted octanol–water partition coefficient (Wildman–Crippen LogP) is 5.80. The number of ether oxygens (including phenoxy) is 6. The predicted molar refractivity (Wildman–Crippen MR) is 211 cm³/mol. The molecular weight excluding hydrogens is 736 g/mol. The van der Waals surface area contributed by atoms with Gasteiger partial charge < -0.3 is 44.0 Å². The van der Waals surface area contributed by atoms with Crippen molar-refractivity contribution in [3.8, 4) is 17.2 Å². The minimum Gasteiger partial charge on any atom is -0.493 e. The number of hydrogen-bond donors (Lipinski definition) is 4. The van der Waals surface area contributed by atoms with Crippen molar-refractivity contribution in [1.29, 1.82) is 0 Å². The van der Waals surface area contributed by atoms with Crippen molar-refractivity contribution in [1.82, 2.24) is 21.0 Å². The van der Waals surface area contributed by atoms with Crippen LogP contribution in [-0.2, 0) is 33.8 Å². The van der Waals surface area contributed by atoms with Gasteiger partial charge in [-0.15, -0.1) is 0 Å². The summed E-state index contributed by atoms with van der Waals surface area (Å²) in [7, 11) is 0. The smallest absolute Gasteiger partial charge is 0.410 e. The number of amides is 2. The molecule has 3 heterocycles. The highest BCUT2D eigenvalue weighted by Crippen LogP contribution is 2.27. The van der Waals surface area contributed by atoms with E-state index in [-0.39, 0.29) is 18.0 Å². The zero-order valence-corrected chi connectivity index (χ0v) is 33.6. The molecule has 57 heavy (non-hydrogen) atoms. The Labute approximate surface area is 334 Å². The molecule has 0 spiro atoms. The summed E-state index contributed by atoms with van der Waals surface area (Å²) in [4.78, 5) is 48.7. The number of carbonyl (C=O) groups is 4. The highest BCUT2D eigenvalue weighted by Gasteiger charge is 2.25. The Kier molecular flexibility index (Phi) is 17.4. The number of nitrogens with one attached hydrogen (secondary N) is 3. The molecule has 3 aliphatic heterocycles. The first-order valence-corrected chi connectivity index (χ1v) is 19.4. The molecule has 15 heteroatoms. The van der Waals surface area contributed by atoms with Gasteiger partial charge in [-0.05, 0) is 103 Å². The highest BCUT2D eigenvalue weighted by molar-refractivity contribution is 5.94. The molecule has 310 valence electrons. The van der Waals surface area contributed by atoms with Gasteiger partial charge in [-0.25, -0.2) is 19.9 Å². The van der Waals surface area contributed by atoms with Gasteiger partial charge >= 0.3 is 18.0 Å². The van der Waals surface area contributed by atoms with Gasteiger partial charge in [-0.1, -0.05) is 18.2 Å². The Morgan fingerprint density at radius 1 is 0.702 bits per heavy atom. The highest BCUT2D eigenvalue weighted by atomic mass is 16.6. The van der Waals surface area contributed by atoms with Gasteiger partial charge in [-0.2, -0.15) is 0 Å². The maximum atomic E-state index is 12.3. The quantitative estimate of drug-likeness (QED) is 0.105. The average molecular weight is 793 g/mol. The fourth-order valence-corrected chi connectivity index (χ4v) is 5.79. The van der Waals surface area contributed by atoms with E-state index in [4.69, 9.17) is 33.6 Å². The van der Waals surface area contributed by atoms with Crippen LogP contribution in [0.2, 0.25) is 0 Å². The van der Waals surface area contributed by atoms with E-state index in [0.717, 1.165) is 61.5 Å². The second-order valence-corrected chi connectivity index (χ2v) is 14.2.